The quantitative estimate of drug-likeness (QED) is 0.533. The van der Waals surface area contributed by atoms with Crippen molar-refractivity contribution in [2.24, 2.45) is 0 Å². The molecule has 2 aromatic carbocycles. The van der Waals surface area contributed by atoms with Gasteiger partial charge in [0, 0.05) is 11.6 Å². The van der Waals surface area contributed by atoms with Gasteiger partial charge in [0.2, 0.25) is 0 Å². The van der Waals surface area contributed by atoms with Gasteiger partial charge in [-0.1, -0.05) is 54.6 Å². The topological polar surface area (TPSA) is 75.1 Å². The van der Waals surface area contributed by atoms with E-state index in [4.69, 9.17) is 0 Å². The molecule has 0 fully saturated rings. The molecule has 0 aliphatic rings. The van der Waals surface area contributed by atoms with E-state index in [0.29, 0.717) is 23.4 Å². The number of fused-ring (bicyclic) bond motifs is 1. The van der Waals surface area contributed by atoms with Crippen LogP contribution in [0.1, 0.15) is 15.9 Å². The van der Waals surface area contributed by atoms with Crippen LogP contribution in [0.3, 0.4) is 0 Å². The van der Waals surface area contributed by atoms with E-state index >= 15 is 0 Å². The molecule has 4 rings (SSSR count). The predicted octanol–water partition coefficient (Wildman–Crippen LogP) is 3.63. The number of rotatable bonds is 6. The molecule has 0 spiro atoms. The van der Waals surface area contributed by atoms with E-state index in [1.165, 1.54) is 0 Å². The number of aliphatic hydroxyl groups is 1. The molecule has 0 aliphatic heterocycles. The molecule has 2 heterocycles. The third-order valence-corrected chi connectivity index (χ3v) is 4.77. The second-order valence-corrected chi connectivity index (χ2v) is 6.83. The van der Waals surface area contributed by atoms with E-state index in [2.05, 4.69) is 15.3 Å². The highest BCUT2D eigenvalue weighted by Crippen LogP contribution is 2.23. The van der Waals surface area contributed by atoms with Gasteiger partial charge in [-0.15, -0.1) is 0 Å². The zero-order valence-electron chi connectivity index (χ0n) is 15.8. The molecule has 1 amide bonds. The highest BCUT2D eigenvalue weighted by molar-refractivity contribution is 6.07. The number of hydrogen-bond acceptors (Lipinski definition) is 4. The van der Waals surface area contributed by atoms with Crippen molar-refractivity contribution < 1.29 is 9.90 Å². The Kier molecular flexibility index (Phi) is 5.59. The summed E-state index contributed by atoms with van der Waals surface area (Å²) in [5, 5.41) is 13.5. The van der Waals surface area contributed by atoms with Crippen LogP contribution in [0, 0.1) is 0 Å². The number of nitrogens with zero attached hydrogens (tertiary/aromatic N) is 2. The number of carbonyl (C=O) groups excluding carboxylic acids is 1. The number of aromatic nitrogens is 2. The van der Waals surface area contributed by atoms with Gasteiger partial charge in [-0.2, -0.15) is 0 Å². The number of hydrogen-bond donors (Lipinski definition) is 2. The van der Waals surface area contributed by atoms with E-state index in [9.17, 15) is 9.90 Å². The standard InChI is InChI=1S/C24H21N3O2/c28-16-18(14-17-8-2-1-3-9-17)26-24(29)20-15-23(22-12-6-7-13-25-22)27-21-11-5-4-10-19(20)21/h1-13,15,18,28H,14,16H2,(H,26,29)/t18-/m1/s1. The lowest BCUT2D eigenvalue weighted by Crippen LogP contribution is -2.39. The van der Waals surface area contributed by atoms with Gasteiger partial charge in [0.1, 0.15) is 0 Å². The third kappa shape index (κ3) is 4.31. The maximum atomic E-state index is 13.1. The van der Waals surface area contributed by atoms with Crippen LogP contribution in [-0.4, -0.2) is 33.6 Å². The van der Waals surface area contributed by atoms with E-state index in [1.54, 1.807) is 12.3 Å². The Morgan fingerprint density at radius 1 is 0.931 bits per heavy atom. The Hall–Kier alpha value is -3.57. The summed E-state index contributed by atoms with van der Waals surface area (Å²) in [6.45, 7) is -0.142. The van der Waals surface area contributed by atoms with Crippen LogP contribution in [-0.2, 0) is 6.42 Å². The molecule has 2 aromatic heterocycles. The van der Waals surface area contributed by atoms with E-state index < -0.39 is 0 Å². The maximum Gasteiger partial charge on any atom is 0.252 e. The monoisotopic (exact) mass is 383 g/mol. The minimum absolute atomic E-state index is 0.142. The fourth-order valence-corrected chi connectivity index (χ4v) is 3.33. The number of amides is 1. The van der Waals surface area contributed by atoms with Gasteiger partial charge < -0.3 is 10.4 Å². The summed E-state index contributed by atoms with van der Waals surface area (Å²) < 4.78 is 0. The first kappa shape index (κ1) is 18.8. The van der Waals surface area contributed by atoms with Gasteiger partial charge in [-0.3, -0.25) is 9.78 Å². The SMILES string of the molecule is O=C(N[C@@H](CO)Cc1ccccc1)c1cc(-c2ccccn2)nc2ccccc12. The Morgan fingerprint density at radius 3 is 2.45 bits per heavy atom. The molecule has 29 heavy (non-hydrogen) atoms. The lowest BCUT2D eigenvalue weighted by atomic mass is 10.0. The summed E-state index contributed by atoms with van der Waals surface area (Å²) >= 11 is 0. The molecule has 0 unspecified atom stereocenters. The fraction of sp³-hybridized carbons (Fsp3) is 0.125. The minimum Gasteiger partial charge on any atom is -0.394 e. The Bertz CT molecular complexity index is 1110. The molecule has 5 heteroatoms. The molecule has 0 radical (unpaired) electrons. The van der Waals surface area contributed by atoms with Gasteiger partial charge in [-0.25, -0.2) is 4.98 Å². The first-order chi connectivity index (χ1) is 14.2. The Balaban J connectivity index is 1.67. The van der Waals surface area contributed by atoms with Crippen LogP contribution in [0.15, 0.2) is 85.1 Å². The number of nitrogens with one attached hydrogen (secondary N) is 1. The summed E-state index contributed by atoms with van der Waals surface area (Å²) in [7, 11) is 0. The molecular formula is C24H21N3O2. The van der Waals surface area contributed by atoms with Crippen LogP contribution in [0.5, 0.6) is 0 Å². The number of pyridine rings is 2. The molecule has 1 atom stereocenters. The van der Waals surface area contributed by atoms with Crippen LogP contribution >= 0.6 is 0 Å². The zero-order valence-corrected chi connectivity index (χ0v) is 15.8. The van der Waals surface area contributed by atoms with Crippen LogP contribution < -0.4 is 5.32 Å². The van der Waals surface area contributed by atoms with Gasteiger partial charge in [0.25, 0.3) is 5.91 Å². The highest BCUT2D eigenvalue weighted by atomic mass is 16.3. The van der Waals surface area contributed by atoms with Crippen molar-refractivity contribution in [3.63, 3.8) is 0 Å². The molecule has 0 bridgehead atoms. The largest absolute Gasteiger partial charge is 0.394 e. The van der Waals surface area contributed by atoms with Crippen LogP contribution in [0.25, 0.3) is 22.3 Å². The van der Waals surface area contributed by atoms with E-state index in [0.717, 1.165) is 16.5 Å². The normalized spacial score (nSPS) is 11.9. The van der Waals surface area contributed by atoms with Crippen LogP contribution in [0.2, 0.25) is 0 Å². The summed E-state index contributed by atoms with van der Waals surface area (Å²) in [6, 6.07) is 24.3. The molecule has 2 N–H and O–H groups in total. The summed E-state index contributed by atoms with van der Waals surface area (Å²) in [5.74, 6) is -0.240. The molecule has 144 valence electrons. The van der Waals surface area contributed by atoms with Gasteiger partial charge in [-0.05, 0) is 36.2 Å². The van der Waals surface area contributed by atoms with Crippen molar-refractivity contribution in [3.05, 3.63) is 96.2 Å². The van der Waals surface area contributed by atoms with Gasteiger partial charge in [0.05, 0.1) is 35.1 Å². The summed E-state index contributed by atoms with van der Waals surface area (Å²) in [4.78, 5) is 22.1. The van der Waals surface area contributed by atoms with Crippen molar-refractivity contribution in [3.8, 4) is 11.4 Å². The summed E-state index contributed by atoms with van der Waals surface area (Å²) in [6.07, 6.45) is 2.26. The van der Waals surface area contributed by atoms with Gasteiger partial charge >= 0.3 is 0 Å². The first-order valence-electron chi connectivity index (χ1n) is 9.51. The number of benzene rings is 2. The second kappa shape index (κ2) is 8.63. The smallest absolute Gasteiger partial charge is 0.252 e. The predicted molar refractivity (Wildman–Crippen MR) is 113 cm³/mol. The number of carbonyl (C=O) groups is 1. The molecule has 0 saturated heterocycles. The third-order valence-electron chi connectivity index (χ3n) is 4.77. The van der Waals surface area contributed by atoms with Crippen molar-refractivity contribution in [1.29, 1.82) is 0 Å². The molecule has 5 nitrogen and oxygen atoms in total. The molecular weight excluding hydrogens is 362 g/mol. The van der Waals surface area contributed by atoms with E-state index in [1.807, 2.05) is 72.8 Å². The summed E-state index contributed by atoms with van der Waals surface area (Å²) in [5.41, 5.74) is 3.64. The van der Waals surface area contributed by atoms with Crippen LogP contribution in [0.4, 0.5) is 0 Å². The van der Waals surface area contributed by atoms with Crippen molar-refractivity contribution >= 4 is 16.8 Å². The lowest BCUT2D eigenvalue weighted by molar-refractivity contribution is 0.0918. The molecule has 0 saturated carbocycles. The van der Waals surface area contributed by atoms with Crippen molar-refractivity contribution in [1.82, 2.24) is 15.3 Å². The van der Waals surface area contributed by atoms with E-state index in [-0.39, 0.29) is 18.6 Å². The Morgan fingerprint density at radius 2 is 1.69 bits per heavy atom. The minimum atomic E-state index is -0.380. The maximum absolute atomic E-state index is 13.1. The lowest BCUT2D eigenvalue weighted by Gasteiger charge is -2.17. The first-order valence-corrected chi connectivity index (χ1v) is 9.51. The van der Waals surface area contributed by atoms with Gasteiger partial charge in [0.15, 0.2) is 0 Å². The Labute approximate surface area is 169 Å². The second-order valence-electron chi connectivity index (χ2n) is 6.83. The number of aliphatic hydroxyl groups excluding tert-OH is 1. The van der Waals surface area contributed by atoms with Crippen molar-refractivity contribution in [2.75, 3.05) is 6.61 Å². The number of para-hydroxylation sites is 1. The molecule has 0 aliphatic carbocycles. The average molecular weight is 383 g/mol. The average Bonchev–Trinajstić information content (AvgIpc) is 2.79. The zero-order chi connectivity index (χ0) is 20.1. The fourth-order valence-electron chi connectivity index (χ4n) is 3.33. The highest BCUT2D eigenvalue weighted by Gasteiger charge is 2.18. The van der Waals surface area contributed by atoms with Crippen molar-refractivity contribution in [2.45, 2.75) is 12.5 Å². The molecule has 4 aromatic rings.